The third-order valence-corrected chi connectivity index (χ3v) is 3.76. The molecule has 4 nitrogen and oxygen atoms in total. The van der Waals surface area contributed by atoms with E-state index in [0.29, 0.717) is 0 Å². The van der Waals surface area contributed by atoms with Crippen molar-refractivity contribution in [3.63, 3.8) is 0 Å². The Morgan fingerprint density at radius 1 is 1.09 bits per heavy atom. The molecule has 2 N–H and O–H groups in total. The maximum Gasteiger partial charge on any atom is 0.121 e. The van der Waals surface area contributed by atoms with Crippen molar-refractivity contribution in [2.75, 3.05) is 32.1 Å². The number of nitrogens with zero attached hydrogens (tertiary/aromatic N) is 1. The van der Waals surface area contributed by atoms with Gasteiger partial charge in [0, 0.05) is 24.2 Å². The number of hydrogen-bond acceptors (Lipinski definition) is 4. The van der Waals surface area contributed by atoms with Gasteiger partial charge >= 0.3 is 0 Å². The maximum atomic E-state index is 5.37. The highest BCUT2D eigenvalue weighted by Gasteiger charge is 2.05. The van der Waals surface area contributed by atoms with Crippen LogP contribution in [0.15, 0.2) is 30.5 Å². The molecule has 2 aromatic rings. The van der Waals surface area contributed by atoms with E-state index < -0.39 is 0 Å². The van der Waals surface area contributed by atoms with E-state index in [1.54, 1.807) is 7.11 Å². The molecule has 0 saturated carbocycles. The quantitative estimate of drug-likeness (QED) is 0.433. The van der Waals surface area contributed by atoms with Crippen LogP contribution < -0.4 is 15.4 Å². The summed E-state index contributed by atoms with van der Waals surface area (Å²) in [4.78, 5) is 4.48. The number of hydrogen-bond donors (Lipinski definition) is 2. The van der Waals surface area contributed by atoms with Gasteiger partial charge in [-0.3, -0.25) is 4.98 Å². The Morgan fingerprint density at radius 2 is 1.87 bits per heavy atom. The van der Waals surface area contributed by atoms with E-state index in [4.69, 9.17) is 4.74 Å². The monoisotopic (exact) mass is 429 g/mol. The van der Waals surface area contributed by atoms with Gasteiger partial charge in [0.25, 0.3) is 0 Å². The number of methoxy groups -OCH3 is 1. The average molecular weight is 429 g/mol. The summed E-state index contributed by atoms with van der Waals surface area (Å²) in [5.41, 5.74) is 2.07. The molecule has 2 rings (SSSR count). The fourth-order valence-corrected chi connectivity index (χ4v) is 2.55. The molecule has 0 amide bonds. The zero-order chi connectivity index (χ0) is 15.6. The Hall–Kier alpha value is -1.08. The molecule has 0 aliphatic rings. The SMILES string of the molecule is CCNCCCCCCNc1cc(OC)cc2cccnc12.I. The van der Waals surface area contributed by atoms with Gasteiger partial charge in [-0.05, 0) is 38.1 Å². The lowest BCUT2D eigenvalue weighted by atomic mass is 10.1. The van der Waals surface area contributed by atoms with Crippen molar-refractivity contribution in [1.29, 1.82) is 0 Å². The largest absolute Gasteiger partial charge is 0.497 e. The molecule has 0 aliphatic carbocycles. The van der Waals surface area contributed by atoms with Gasteiger partial charge in [-0.2, -0.15) is 0 Å². The summed E-state index contributed by atoms with van der Waals surface area (Å²) in [7, 11) is 1.70. The zero-order valence-electron chi connectivity index (χ0n) is 14.1. The molecule has 1 aromatic carbocycles. The molecule has 0 aliphatic heterocycles. The first kappa shape index (κ1) is 20.0. The predicted molar refractivity (Wildman–Crippen MR) is 109 cm³/mol. The highest BCUT2D eigenvalue weighted by atomic mass is 127. The van der Waals surface area contributed by atoms with Gasteiger partial charge in [-0.1, -0.05) is 25.8 Å². The summed E-state index contributed by atoms with van der Waals surface area (Å²) in [6.45, 7) is 5.32. The Morgan fingerprint density at radius 3 is 2.61 bits per heavy atom. The molecular weight excluding hydrogens is 401 g/mol. The molecular formula is C18H28IN3O. The molecule has 1 heterocycles. The fraction of sp³-hybridized carbons (Fsp3) is 0.500. The topological polar surface area (TPSA) is 46.2 Å². The lowest BCUT2D eigenvalue weighted by molar-refractivity contribution is 0.415. The predicted octanol–water partition coefficient (Wildman–Crippen LogP) is 4.44. The number of unbranched alkanes of at least 4 members (excludes halogenated alkanes) is 3. The Balaban J connectivity index is 0.00000264. The molecule has 23 heavy (non-hydrogen) atoms. The number of halogens is 1. The van der Waals surface area contributed by atoms with Gasteiger partial charge in [-0.15, -0.1) is 24.0 Å². The third-order valence-electron chi connectivity index (χ3n) is 3.76. The standard InChI is InChI=1S/C18H27N3O.HI/c1-3-19-10-6-4-5-7-11-20-17-14-16(22-2)13-15-9-8-12-21-18(15)17;/h8-9,12-14,19-20H,3-7,10-11H2,1-2H3;1H. The van der Waals surface area contributed by atoms with E-state index in [1.807, 2.05) is 24.4 Å². The minimum atomic E-state index is 0. The van der Waals surface area contributed by atoms with Crippen LogP contribution in [0.3, 0.4) is 0 Å². The summed E-state index contributed by atoms with van der Waals surface area (Å²) in [5.74, 6) is 0.869. The highest BCUT2D eigenvalue weighted by Crippen LogP contribution is 2.27. The van der Waals surface area contributed by atoms with Gasteiger partial charge in [0.2, 0.25) is 0 Å². The minimum absolute atomic E-state index is 0. The number of benzene rings is 1. The number of ether oxygens (including phenoxy) is 1. The van der Waals surface area contributed by atoms with Crippen molar-refractivity contribution in [2.24, 2.45) is 0 Å². The Labute approximate surface area is 156 Å². The number of anilines is 1. The van der Waals surface area contributed by atoms with Crippen LogP contribution in [0.4, 0.5) is 5.69 Å². The van der Waals surface area contributed by atoms with Crippen LogP contribution in [-0.4, -0.2) is 31.7 Å². The smallest absolute Gasteiger partial charge is 0.121 e. The molecule has 0 fully saturated rings. The number of aromatic nitrogens is 1. The van der Waals surface area contributed by atoms with E-state index in [1.165, 1.54) is 25.7 Å². The molecule has 0 spiro atoms. The van der Waals surface area contributed by atoms with Gasteiger partial charge in [-0.25, -0.2) is 0 Å². The molecule has 128 valence electrons. The summed E-state index contributed by atoms with van der Waals surface area (Å²) in [5, 5.41) is 7.97. The fourth-order valence-electron chi connectivity index (χ4n) is 2.55. The van der Waals surface area contributed by atoms with E-state index >= 15 is 0 Å². The molecule has 5 heteroatoms. The van der Waals surface area contributed by atoms with Crippen LogP contribution in [0.25, 0.3) is 10.9 Å². The first-order valence-electron chi connectivity index (χ1n) is 8.22. The summed E-state index contributed by atoms with van der Waals surface area (Å²) < 4.78 is 5.37. The van der Waals surface area contributed by atoms with Crippen LogP contribution >= 0.6 is 24.0 Å². The van der Waals surface area contributed by atoms with Crippen molar-refractivity contribution in [3.8, 4) is 5.75 Å². The molecule has 0 radical (unpaired) electrons. The van der Waals surface area contributed by atoms with Crippen molar-refractivity contribution in [3.05, 3.63) is 30.5 Å². The van der Waals surface area contributed by atoms with Crippen LogP contribution in [0.5, 0.6) is 5.75 Å². The van der Waals surface area contributed by atoms with Crippen molar-refractivity contribution in [2.45, 2.75) is 32.6 Å². The first-order valence-corrected chi connectivity index (χ1v) is 8.22. The van der Waals surface area contributed by atoms with Crippen LogP contribution in [-0.2, 0) is 0 Å². The van der Waals surface area contributed by atoms with E-state index in [9.17, 15) is 0 Å². The van der Waals surface area contributed by atoms with E-state index in [0.717, 1.165) is 42.0 Å². The number of pyridine rings is 1. The van der Waals surface area contributed by atoms with Crippen molar-refractivity contribution < 1.29 is 4.74 Å². The van der Waals surface area contributed by atoms with Crippen molar-refractivity contribution >= 4 is 40.6 Å². The molecule has 0 unspecified atom stereocenters. The summed E-state index contributed by atoms with van der Waals surface area (Å²) in [6, 6.07) is 8.07. The van der Waals surface area contributed by atoms with Gasteiger partial charge < -0.3 is 15.4 Å². The lowest BCUT2D eigenvalue weighted by Gasteiger charge is -2.11. The van der Waals surface area contributed by atoms with Gasteiger partial charge in [0.1, 0.15) is 5.75 Å². The number of nitrogens with one attached hydrogen (secondary N) is 2. The molecule has 0 bridgehead atoms. The van der Waals surface area contributed by atoms with E-state index in [2.05, 4.69) is 28.6 Å². The summed E-state index contributed by atoms with van der Waals surface area (Å²) in [6.07, 6.45) is 6.81. The minimum Gasteiger partial charge on any atom is -0.497 e. The molecule has 1 aromatic heterocycles. The average Bonchev–Trinajstić information content (AvgIpc) is 2.56. The zero-order valence-corrected chi connectivity index (χ0v) is 16.4. The second-order valence-corrected chi connectivity index (χ2v) is 5.44. The van der Waals surface area contributed by atoms with Crippen LogP contribution in [0.2, 0.25) is 0 Å². The first-order chi connectivity index (χ1) is 10.8. The highest BCUT2D eigenvalue weighted by molar-refractivity contribution is 14.0. The second-order valence-electron chi connectivity index (χ2n) is 5.44. The third kappa shape index (κ3) is 6.51. The van der Waals surface area contributed by atoms with Crippen molar-refractivity contribution in [1.82, 2.24) is 10.3 Å². The second kappa shape index (κ2) is 11.5. The maximum absolute atomic E-state index is 5.37. The molecule has 0 saturated heterocycles. The number of fused-ring (bicyclic) bond motifs is 1. The lowest BCUT2D eigenvalue weighted by Crippen LogP contribution is -2.13. The van der Waals surface area contributed by atoms with Crippen LogP contribution in [0.1, 0.15) is 32.6 Å². The van der Waals surface area contributed by atoms with Gasteiger partial charge in [0.15, 0.2) is 0 Å². The van der Waals surface area contributed by atoms with Crippen LogP contribution in [0, 0.1) is 0 Å². The van der Waals surface area contributed by atoms with Gasteiger partial charge in [0.05, 0.1) is 18.3 Å². The normalized spacial score (nSPS) is 10.3. The Bertz CT molecular complexity index is 577. The summed E-state index contributed by atoms with van der Waals surface area (Å²) >= 11 is 0. The molecule has 0 atom stereocenters. The number of rotatable bonds is 10. The Kier molecular flexibility index (Phi) is 9.94. The van der Waals surface area contributed by atoms with E-state index in [-0.39, 0.29) is 24.0 Å².